The topological polar surface area (TPSA) is 23.6 Å². The molecule has 0 unspecified atom stereocenters. The Morgan fingerprint density at radius 3 is 2.20 bits per heavy atom. The van der Waals surface area contributed by atoms with Crippen molar-refractivity contribution in [2.75, 3.05) is 26.2 Å². The fourth-order valence-electron chi connectivity index (χ4n) is 3.05. The Hall–Kier alpha value is -1.78. The van der Waals surface area contributed by atoms with E-state index in [2.05, 4.69) is 55.1 Å². The summed E-state index contributed by atoms with van der Waals surface area (Å²) in [6.07, 6.45) is 0. The van der Waals surface area contributed by atoms with Gasteiger partial charge in [0.05, 0.1) is 0 Å². The van der Waals surface area contributed by atoms with Crippen molar-refractivity contribution in [2.45, 2.75) is 30.5 Å². The Balaban J connectivity index is 1.54. The summed E-state index contributed by atoms with van der Waals surface area (Å²) in [5.74, 6) is 1.08. The molecule has 1 saturated heterocycles. The number of rotatable bonds is 5. The number of carbonyl (C=O) groups excluding carboxylic acids is 1. The van der Waals surface area contributed by atoms with Crippen LogP contribution >= 0.6 is 11.8 Å². The Morgan fingerprint density at radius 1 is 0.960 bits per heavy atom. The highest BCUT2D eigenvalue weighted by Gasteiger charge is 2.23. The van der Waals surface area contributed by atoms with E-state index in [1.807, 2.05) is 34.9 Å². The third-order valence-electron chi connectivity index (χ3n) is 4.68. The van der Waals surface area contributed by atoms with Crippen molar-refractivity contribution in [3.63, 3.8) is 0 Å². The van der Waals surface area contributed by atoms with Gasteiger partial charge in [-0.1, -0.05) is 30.3 Å². The molecule has 0 saturated carbocycles. The van der Waals surface area contributed by atoms with Crippen molar-refractivity contribution >= 4 is 17.7 Å². The highest BCUT2D eigenvalue weighted by Crippen LogP contribution is 2.22. The zero-order chi connectivity index (χ0) is 17.6. The lowest BCUT2D eigenvalue weighted by atomic mass is 10.1. The second-order valence-corrected chi connectivity index (χ2v) is 7.77. The molecule has 2 aromatic carbocycles. The van der Waals surface area contributed by atoms with Crippen LogP contribution in [0.2, 0.25) is 0 Å². The molecule has 0 atom stereocenters. The van der Waals surface area contributed by atoms with Crippen molar-refractivity contribution in [1.82, 2.24) is 9.80 Å². The zero-order valence-electron chi connectivity index (χ0n) is 15.0. The number of hydrogen-bond donors (Lipinski definition) is 0. The number of benzene rings is 2. The van der Waals surface area contributed by atoms with Gasteiger partial charge in [0, 0.05) is 48.4 Å². The Morgan fingerprint density at radius 2 is 1.60 bits per heavy atom. The van der Waals surface area contributed by atoms with E-state index >= 15 is 0 Å². The first-order valence-electron chi connectivity index (χ1n) is 8.93. The fourth-order valence-corrected chi connectivity index (χ4v) is 3.93. The van der Waals surface area contributed by atoms with Crippen LogP contribution in [-0.4, -0.2) is 47.9 Å². The molecule has 0 spiro atoms. The molecular formula is C21H26N2OS. The summed E-state index contributed by atoms with van der Waals surface area (Å²) >= 11 is 1.82. The summed E-state index contributed by atoms with van der Waals surface area (Å²) in [4.78, 5) is 18.3. The first-order valence-corrected chi connectivity index (χ1v) is 9.92. The van der Waals surface area contributed by atoms with E-state index < -0.39 is 0 Å². The third kappa shape index (κ3) is 4.86. The van der Waals surface area contributed by atoms with Gasteiger partial charge in [-0.25, -0.2) is 0 Å². The van der Waals surface area contributed by atoms with E-state index in [0.717, 1.165) is 37.5 Å². The van der Waals surface area contributed by atoms with E-state index in [0.29, 0.717) is 6.04 Å². The van der Waals surface area contributed by atoms with E-state index in [4.69, 9.17) is 0 Å². The number of amides is 1. The minimum absolute atomic E-state index is 0.158. The summed E-state index contributed by atoms with van der Waals surface area (Å²) < 4.78 is 0. The van der Waals surface area contributed by atoms with Crippen LogP contribution in [0.4, 0.5) is 0 Å². The van der Waals surface area contributed by atoms with Gasteiger partial charge in [-0.05, 0) is 43.7 Å². The van der Waals surface area contributed by atoms with Gasteiger partial charge in [0.2, 0.25) is 0 Å². The van der Waals surface area contributed by atoms with Gasteiger partial charge >= 0.3 is 0 Å². The number of piperazine rings is 1. The maximum atomic E-state index is 12.7. The largest absolute Gasteiger partial charge is 0.336 e. The monoisotopic (exact) mass is 354 g/mol. The molecule has 4 heteroatoms. The Bertz CT molecular complexity index is 677. The van der Waals surface area contributed by atoms with Gasteiger partial charge in [0.15, 0.2) is 0 Å². The van der Waals surface area contributed by atoms with E-state index in [-0.39, 0.29) is 5.91 Å². The minimum atomic E-state index is 0.158. The van der Waals surface area contributed by atoms with Crippen LogP contribution in [0.3, 0.4) is 0 Å². The molecule has 1 heterocycles. The van der Waals surface area contributed by atoms with Crippen molar-refractivity contribution in [2.24, 2.45) is 0 Å². The molecule has 0 N–H and O–H groups in total. The molecule has 1 fully saturated rings. The third-order valence-corrected chi connectivity index (χ3v) is 5.76. The predicted molar refractivity (Wildman–Crippen MR) is 105 cm³/mol. The van der Waals surface area contributed by atoms with E-state index in [1.54, 1.807) is 0 Å². The molecule has 3 nitrogen and oxygen atoms in total. The Labute approximate surface area is 155 Å². The lowest BCUT2D eigenvalue weighted by Gasteiger charge is -2.37. The average molecular weight is 355 g/mol. The van der Waals surface area contributed by atoms with Crippen LogP contribution in [0.5, 0.6) is 0 Å². The lowest BCUT2D eigenvalue weighted by molar-refractivity contribution is 0.0595. The summed E-state index contributed by atoms with van der Waals surface area (Å²) in [5.41, 5.74) is 2.04. The molecule has 2 aromatic rings. The van der Waals surface area contributed by atoms with Gasteiger partial charge in [-0.2, -0.15) is 0 Å². The van der Waals surface area contributed by atoms with Gasteiger partial charge in [-0.3, -0.25) is 9.69 Å². The second kappa shape index (κ2) is 8.54. The highest BCUT2D eigenvalue weighted by molar-refractivity contribution is 7.98. The molecule has 0 bridgehead atoms. The zero-order valence-corrected chi connectivity index (χ0v) is 15.8. The molecule has 3 rings (SSSR count). The molecule has 0 aliphatic carbocycles. The number of nitrogens with zero attached hydrogens (tertiary/aromatic N) is 2. The van der Waals surface area contributed by atoms with Crippen LogP contribution < -0.4 is 0 Å². The first-order chi connectivity index (χ1) is 12.1. The van der Waals surface area contributed by atoms with Gasteiger partial charge in [0.25, 0.3) is 5.91 Å². The predicted octanol–water partition coefficient (Wildman–Crippen LogP) is 4.15. The summed E-state index contributed by atoms with van der Waals surface area (Å²) in [6.45, 7) is 8.00. The molecule has 25 heavy (non-hydrogen) atoms. The number of thioether (sulfide) groups is 1. The minimum Gasteiger partial charge on any atom is -0.336 e. The van der Waals surface area contributed by atoms with Crippen LogP contribution in [0.1, 0.15) is 29.8 Å². The molecule has 132 valence electrons. The maximum absolute atomic E-state index is 12.7. The molecule has 1 amide bonds. The molecule has 0 aromatic heterocycles. The van der Waals surface area contributed by atoms with Crippen LogP contribution in [0.15, 0.2) is 59.5 Å². The van der Waals surface area contributed by atoms with E-state index in [1.165, 1.54) is 10.5 Å². The number of hydrogen-bond acceptors (Lipinski definition) is 3. The molecule has 1 aliphatic heterocycles. The van der Waals surface area contributed by atoms with Crippen molar-refractivity contribution in [3.05, 3.63) is 65.7 Å². The van der Waals surface area contributed by atoms with Gasteiger partial charge < -0.3 is 4.90 Å². The first kappa shape index (κ1) is 18.0. The molecule has 0 radical (unpaired) electrons. The van der Waals surface area contributed by atoms with Gasteiger partial charge in [0.1, 0.15) is 0 Å². The smallest absolute Gasteiger partial charge is 0.253 e. The van der Waals surface area contributed by atoms with E-state index in [9.17, 15) is 4.79 Å². The number of carbonyl (C=O) groups is 1. The summed E-state index contributed by atoms with van der Waals surface area (Å²) in [5, 5.41) is 0. The highest BCUT2D eigenvalue weighted by atomic mass is 32.2. The second-order valence-electron chi connectivity index (χ2n) is 6.72. The van der Waals surface area contributed by atoms with Crippen LogP contribution in [-0.2, 0) is 5.75 Å². The SMILES string of the molecule is CC(C)N1CCN(C(=O)c2ccc(CSc3ccccc3)cc2)CC1. The fraction of sp³-hybridized carbons (Fsp3) is 0.381. The van der Waals surface area contributed by atoms with Crippen molar-refractivity contribution in [3.8, 4) is 0 Å². The molecule has 1 aliphatic rings. The summed E-state index contributed by atoms with van der Waals surface area (Å²) in [6, 6.07) is 19.0. The van der Waals surface area contributed by atoms with Crippen LogP contribution in [0.25, 0.3) is 0 Å². The quantitative estimate of drug-likeness (QED) is 0.754. The standard InChI is InChI=1S/C21H26N2OS/c1-17(2)22-12-14-23(15-13-22)21(24)19-10-8-18(9-11-19)16-25-20-6-4-3-5-7-20/h3-11,17H,12-16H2,1-2H3. The lowest BCUT2D eigenvalue weighted by Crippen LogP contribution is -2.50. The maximum Gasteiger partial charge on any atom is 0.253 e. The summed E-state index contributed by atoms with van der Waals surface area (Å²) in [7, 11) is 0. The Kier molecular flexibility index (Phi) is 6.16. The normalized spacial score (nSPS) is 15.6. The molecular weight excluding hydrogens is 328 g/mol. The van der Waals surface area contributed by atoms with Crippen LogP contribution in [0, 0.1) is 0 Å². The van der Waals surface area contributed by atoms with Gasteiger partial charge in [-0.15, -0.1) is 11.8 Å². The van der Waals surface area contributed by atoms with Crippen molar-refractivity contribution < 1.29 is 4.79 Å². The van der Waals surface area contributed by atoms with Crippen molar-refractivity contribution in [1.29, 1.82) is 0 Å². The average Bonchev–Trinajstić information content (AvgIpc) is 2.67.